The Balaban J connectivity index is 2.26. The van der Waals surface area contributed by atoms with E-state index in [1.54, 1.807) is 0 Å². The Labute approximate surface area is 95.2 Å². The van der Waals surface area contributed by atoms with Crippen LogP contribution in [0.3, 0.4) is 0 Å². The fraction of sp³-hybridized carbons (Fsp3) is 0.900. The number of amides is 1. The number of carbonyl (C=O) groups excluding carboxylic acids is 1. The zero-order valence-electron chi connectivity index (χ0n) is 8.81. The molecule has 1 fully saturated rings. The lowest BCUT2D eigenvalue weighted by Crippen LogP contribution is -2.40. The van der Waals surface area contributed by atoms with Gasteiger partial charge in [-0.15, -0.1) is 11.6 Å². The molecule has 14 heavy (non-hydrogen) atoms. The van der Waals surface area contributed by atoms with Crippen molar-refractivity contribution in [2.75, 3.05) is 18.2 Å². The Morgan fingerprint density at radius 2 is 2.36 bits per heavy atom. The first-order chi connectivity index (χ1) is 6.56. The van der Waals surface area contributed by atoms with Gasteiger partial charge >= 0.3 is 0 Å². The van der Waals surface area contributed by atoms with Gasteiger partial charge in [-0.3, -0.25) is 4.79 Å². The molecule has 1 unspecified atom stereocenters. The van der Waals surface area contributed by atoms with Crippen molar-refractivity contribution < 1.29 is 4.79 Å². The molecule has 0 aliphatic carbocycles. The highest BCUT2D eigenvalue weighted by Crippen LogP contribution is 2.25. The van der Waals surface area contributed by atoms with Crippen LogP contribution in [0.5, 0.6) is 0 Å². The van der Waals surface area contributed by atoms with Gasteiger partial charge in [0.1, 0.15) is 0 Å². The first-order valence-electron chi connectivity index (χ1n) is 5.02. The zero-order valence-corrected chi connectivity index (χ0v) is 10.4. The van der Waals surface area contributed by atoms with Crippen LogP contribution < -0.4 is 5.32 Å². The predicted octanol–water partition coefficient (Wildman–Crippen LogP) is 2.26. The molecule has 1 N–H and O–H groups in total. The lowest BCUT2D eigenvalue weighted by Gasteiger charge is -2.21. The molecule has 1 aliphatic heterocycles. The topological polar surface area (TPSA) is 29.1 Å². The predicted molar refractivity (Wildman–Crippen MR) is 63.0 cm³/mol. The molecule has 82 valence electrons. The number of halogens is 1. The second kappa shape index (κ2) is 5.26. The molecule has 2 nitrogen and oxygen atoms in total. The SMILES string of the molecule is CC(C)(CCl)C(=O)NCC1CCCS1. The maximum Gasteiger partial charge on any atom is 0.226 e. The smallest absolute Gasteiger partial charge is 0.226 e. The monoisotopic (exact) mass is 235 g/mol. The average Bonchev–Trinajstić information content (AvgIpc) is 2.66. The summed E-state index contributed by atoms with van der Waals surface area (Å²) in [5.74, 6) is 1.68. The molecule has 1 saturated heterocycles. The van der Waals surface area contributed by atoms with Gasteiger partial charge in [0.25, 0.3) is 0 Å². The summed E-state index contributed by atoms with van der Waals surface area (Å²) < 4.78 is 0. The summed E-state index contributed by atoms with van der Waals surface area (Å²) in [7, 11) is 0. The van der Waals surface area contributed by atoms with Crippen LogP contribution in [0, 0.1) is 5.41 Å². The molecule has 0 bridgehead atoms. The highest BCUT2D eigenvalue weighted by atomic mass is 35.5. The van der Waals surface area contributed by atoms with Crippen molar-refractivity contribution in [3.8, 4) is 0 Å². The second-order valence-electron chi connectivity index (χ2n) is 4.36. The van der Waals surface area contributed by atoms with Crippen LogP contribution in [0.15, 0.2) is 0 Å². The molecule has 0 aromatic carbocycles. The molecule has 1 aliphatic rings. The number of carbonyl (C=O) groups is 1. The maximum absolute atomic E-state index is 11.6. The van der Waals surface area contributed by atoms with Gasteiger partial charge in [-0.1, -0.05) is 0 Å². The van der Waals surface area contributed by atoms with Crippen LogP contribution in [-0.4, -0.2) is 29.3 Å². The summed E-state index contributed by atoms with van der Waals surface area (Å²) in [6.07, 6.45) is 2.51. The van der Waals surface area contributed by atoms with Crippen molar-refractivity contribution in [3.05, 3.63) is 0 Å². The molecular formula is C10H18ClNOS. The second-order valence-corrected chi connectivity index (χ2v) is 6.04. The van der Waals surface area contributed by atoms with E-state index in [0.29, 0.717) is 11.1 Å². The molecular weight excluding hydrogens is 218 g/mol. The van der Waals surface area contributed by atoms with E-state index < -0.39 is 5.41 Å². The van der Waals surface area contributed by atoms with Gasteiger partial charge in [0.2, 0.25) is 5.91 Å². The summed E-state index contributed by atoms with van der Waals surface area (Å²) in [4.78, 5) is 11.6. The quantitative estimate of drug-likeness (QED) is 0.758. The Hall–Kier alpha value is 0.110. The minimum absolute atomic E-state index is 0.0694. The third-order valence-electron chi connectivity index (χ3n) is 2.46. The molecule has 1 heterocycles. The van der Waals surface area contributed by atoms with E-state index >= 15 is 0 Å². The van der Waals surface area contributed by atoms with Gasteiger partial charge in [-0.25, -0.2) is 0 Å². The van der Waals surface area contributed by atoms with Crippen molar-refractivity contribution in [1.29, 1.82) is 0 Å². The van der Waals surface area contributed by atoms with Gasteiger partial charge in [0.05, 0.1) is 5.41 Å². The lowest BCUT2D eigenvalue weighted by molar-refractivity contribution is -0.128. The van der Waals surface area contributed by atoms with E-state index in [-0.39, 0.29) is 5.91 Å². The van der Waals surface area contributed by atoms with Crippen molar-refractivity contribution in [3.63, 3.8) is 0 Å². The molecule has 1 rings (SSSR count). The molecule has 1 amide bonds. The Morgan fingerprint density at radius 1 is 1.64 bits per heavy atom. The van der Waals surface area contributed by atoms with Crippen molar-refractivity contribution >= 4 is 29.3 Å². The summed E-state index contributed by atoms with van der Waals surface area (Å²) in [6, 6.07) is 0. The summed E-state index contributed by atoms with van der Waals surface area (Å²) >= 11 is 7.67. The number of thioether (sulfide) groups is 1. The Morgan fingerprint density at radius 3 is 2.86 bits per heavy atom. The molecule has 0 aromatic rings. The summed E-state index contributed by atoms with van der Waals surface area (Å²) in [5.41, 5.74) is -0.440. The van der Waals surface area contributed by atoms with Crippen molar-refractivity contribution in [1.82, 2.24) is 5.32 Å². The van der Waals surface area contributed by atoms with E-state index in [2.05, 4.69) is 5.32 Å². The normalized spacial score (nSPS) is 22.4. The number of hydrogen-bond donors (Lipinski definition) is 1. The maximum atomic E-state index is 11.6. The van der Waals surface area contributed by atoms with E-state index in [1.165, 1.54) is 18.6 Å². The standard InChI is InChI=1S/C10H18ClNOS/c1-10(2,7-11)9(13)12-6-8-4-3-5-14-8/h8H,3-7H2,1-2H3,(H,12,13). The van der Waals surface area contributed by atoms with Crippen LogP contribution in [0.4, 0.5) is 0 Å². The highest BCUT2D eigenvalue weighted by molar-refractivity contribution is 8.00. The molecule has 4 heteroatoms. The minimum atomic E-state index is -0.440. The first-order valence-corrected chi connectivity index (χ1v) is 6.60. The van der Waals surface area contributed by atoms with Crippen LogP contribution in [-0.2, 0) is 4.79 Å². The largest absolute Gasteiger partial charge is 0.354 e. The molecule has 0 aromatic heterocycles. The van der Waals surface area contributed by atoms with Crippen LogP contribution in [0.1, 0.15) is 26.7 Å². The van der Waals surface area contributed by atoms with E-state index in [0.717, 1.165) is 6.54 Å². The van der Waals surface area contributed by atoms with Gasteiger partial charge < -0.3 is 5.32 Å². The fourth-order valence-corrected chi connectivity index (χ4v) is 2.63. The molecule has 1 atom stereocenters. The molecule has 0 saturated carbocycles. The third kappa shape index (κ3) is 3.35. The Kier molecular flexibility index (Phi) is 4.58. The van der Waals surface area contributed by atoms with Gasteiger partial charge in [-0.05, 0) is 32.4 Å². The number of nitrogens with one attached hydrogen (secondary N) is 1. The summed E-state index contributed by atoms with van der Waals surface area (Å²) in [6.45, 7) is 4.54. The first kappa shape index (κ1) is 12.2. The van der Waals surface area contributed by atoms with Crippen LogP contribution in [0.25, 0.3) is 0 Å². The Bertz CT molecular complexity index is 202. The molecule has 0 radical (unpaired) electrons. The van der Waals surface area contributed by atoms with E-state index in [4.69, 9.17) is 11.6 Å². The van der Waals surface area contributed by atoms with Crippen molar-refractivity contribution in [2.24, 2.45) is 5.41 Å². The van der Waals surface area contributed by atoms with Crippen LogP contribution in [0.2, 0.25) is 0 Å². The molecule has 0 spiro atoms. The lowest BCUT2D eigenvalue weighted by atomic mass is 9.95. The van der Waals surface area contributed by atoms with Crippen LogP contribution >= 0.6 is 23.4 Å². The van der Waals surface area contributed by atoms with Gasteiger partial charge in [0.15, 0.2) is 0 Å². The van der Waals surface area contributed by atoms with E-state index in [9.17, 15) is 4.79 Å². The average molecular weight is 236 g/mol. The summed E-state index contributed by atoms with van der Waals surface area (Å²) in [5, 5.41) is 3.59. The van der Waals surface area contributed by atoms with Crippen molar-refractivity contribution in [2.45, 2.75) is 31.9 Å². The fourth-order valence-electron chi connectivity index (χ4n) is 1.31. The number of alkyl halides is 1. The van der Waals surface area contributed by atoms with Gasteiger partial charge in [-0.2, -0.15) is 11.8 Å². The number of hydrogen-bond acceptors (Lipinski definition) is 2. The number of rotatable bonds is 4. The van der Waals surface area contributed by atoms with E-state index in [1.807, 2.05) is 25.6 Å². The van der Waals surface area contributed by atoms with Gasteiger partial charge in [0, 0.05) is 17.7 Å². The third-order valence-corrected chi connectivity index (χ3v) is 4.53. The highest BCUT2D eigenvalue weighted by Gasteiger charge is 2.27. The zero-order chi connectivity index (χ0) is 10.6. The minimum Gasteiger partial charge on any atom is -0.354 e.